The molecule has 0 fully saturated rings. The van der Waals surface area contributed by atoms with Crippen LogP contribution in [0.5, 0.6) is 17.2 Å². The highest BCUT2D eigenvalue weighted by Gasteiger charge is 2.31. The minimum absolute atomic E-state index is 0.0414. The first-order valence-corrected chi connectivity index (χ1v) is 10.8. The molecular formula is C27H24N2O4. The van der Waals surface area contributed by atoms with Gasteiger partial charge in [0.1, 0.15) is 34.5 Å². The third kappa shape index (κ3) is 4.39. The third-order valence-electron chi connectivity index (χ3n) is 5.53. The first kappa shape index (κ1) is 22.0. The molecule has 0 spiro atoms. The standard InChI is InChI=1S/C27H24N2O4/c1-3-17-9-11-18(12-10-17)25-20-14-13-19(15-24(20)33-26(29)22(25)16-28)32-27(30)21-7-5-6-8-23(21)31-4-2/h5-15,25H,3-4,29H2,1-2H3. The van der Waals surface area contributed by atoms with Crippen molar-refractivity contribution in [3.8, 4) is 23.3 Å². The molecule has 0 amide bonds. The number of rotatable bonds is 6. The number of benzene rings is 3. The van der Waals surface area contributed by atoms with Crippen molar-refractivity contribution in [2.75, 3.05) is 6.61 Å². The number of carbonyl (C=O) groups excluding carboxylic acids is 1. The topological polar surface area (TPSA) is 94.6 Å². The van der Waals surface area contributed by atoms with Crippen molar-refractivity contribution in [3.63, 3.8) is 0 Å². The number of allylic oxidation sites excluding steroid dienone is 1. The Morgan fingerprint density at radius 2 is 1.85 bits per heavy atom. The SMILES string of the molecule is CCOc1ccccc1C(=O)Oc1ccc2c(c1)OC(N)=C(C#N)C2c1ccc(CC)cc1. The van der Waals surface area contributed by atoms with Gasteiger partial charge in [-0.15, -0.1) is 0 Å². The van der Waals surface area contributed by atoms with Gasteiger partial charge in [-0.2, -0.15) is 5.26 Å². The molecule has 6 nitrogen and oxygen atoms in total. The molecule has 0 bridgehead atoms. The van der Waals surface area contributed by atoms with Crippen LogP contribution >= 0.6 is 0 Å². The van der Waals surface area contributed by atoms with Gasteiger partial charge in [0.05, 0.1) is 12.5 Å². The molecule has 1 atom stereocenters. The van der Waals surface area contributed by atoms with Crippen LogP contribution < -0.4 is 19.9 Å². The molecule has 0 aromatic heterocycles. The van der Waals surface area contributed by atoms with Gasteiger partial charge in [0.25, 0.3) is 0 Å². The number of para-hydroxylation sites is 1. The maximum absolute atomic E-state index is 12.8. The number of nitrogens with two attached hydrogens (primary N) is 1. The molecular weight excluding hydrogens is 416 g/mol. The van der Waals surface area contributed by atoms with Gasteiger partial charge in [0.2, 0.25) is 5.88 Å². The normalized spacial score (nSPS) is 14.6. The summed E-state index contributed by atoms with van der Waals surface area (Å²) in [5.74, 6) is 0.342. The fourth-order valence-corrected chi connectivity index (χ4v) is 3.87. The van der Waals surface area contributed by atoms with E-state index >= 15 is 0 Å². The lowest BCUT2D eigenvalue weighted by Crippen LogP contribution is -2.21. The van der Waals surface area contributed by atoms with E-state index in [9.17, 15) is 10.1 Å². The maximum Gasteiger partial charge on any atom is 0.347 e. The van der Waals surface area contributed by atoms with Gasteiger partial charge in [-0.05, 0) is 42.7 Å². The second kappa shape index (κ2) is 9.49. The minimum Gasteiger partial charge on any atom is -0.493 e. The van der Waals surface area contributed by atoms with Crippen LogP contribution in [0.2, 0.25) is 0 Å². The highest BCUT2D eigenvalue weighted by Crippen LogP contribution is 2.43. The lowest BCUT2D eigenvalue weighted by atomic mass is 9.83. The van der Waals surface area contributed by atoms with Gasteiger partial charge >= 0.3 is 5.97 Å². The Morgan fingerprint density at radius 1 is 1.09 bits per heavy atom. The minimum atomic E-state index is -0.539. The molecule has 0 aliphatic carbocycles. The summed E-state index contributed by atoms with van der Waals surface area (Å²) in [6.45, 7) is 4.37. The zero-order valence-corrected chi connectivity index (χ0v) is 18.5. The van der Waals surface area contributed by atoms with Gasteiger partial charge in [-0.1, -0.05) is 49.4 Å². The highest BCUT2D eigenvalue weighted by atomic mass is 16.5. The molecule has 4 rings (SSSR count). The molecule has 1 heterocycles. The van der Waals surface area contributed by atoms with Gasteiger partial charge in [0, 0.05) is 11.6 Å². The monoisotopic (exact) mass is 440 g/mol. The van der Waals surface area contributed by atoms with Gasteiger partial charge in [-0.25, -0.2) is 4.79 Å². The number of nitrogens with zero attached hydrogens (tertiary/aromatic N) is 1. The first-order chi connectivity index (χ1) is 16.0. The van der Waals surface area contributed by atoms with Crippen LogP contribution in [0.3, 0.4) is 0 Å². The van der Waals surface area contributed by atoms with Crippen LogP contribution in [-0.4, -0.2) is 12.6 Å². The van der Waals surface area contributed by atoms with Gasteiger partial charge < -0.3 is 19.9 Å². The molecule has 33 heavy (non-hydrogen) atoms. The van der Waals surface area contributed by atoms with E-state index in [0.29, 0.717) is 35.0 Å². The molecule has 0 saturated heterocycles. The van der Waals surface area contributed by atoms with Gasteiger partial charge in [-0.3, -0.25) is 0 Å². The third-order valence-corrected chi connectivity index (χ3v) is 5.53. The number of nitriles is 1. The first-order valence-electron chi connectivity index (χ1n) is 10.8. The molecule has 1 aliphatic heterocycles. The average Bonchev–Trinajstić information content (AvgIpc) is 2.83. The summed E-state index contributed by atoms with van der Waals surface area (Å²) in [7, 11) is 0. The highest BCUT2D eigenvalue weighted by molar-refractivity contribution is 5.94. The van der Waals surface area contributed by atoms with Crippen molar-refractivity contribution in [2.45, 2.75) is 26.2 Å². The predicted octanol–water partition coefficient (Wildman–Crippen LogP) is 5.09. The molecule has 1 aliphatic rings. The fourth-order valence-electron chi connectivity index (χ4n) is 3.87. The van der Waals surface area contributed by atoms with Crippen molar-refractivity contribution in [1.29, 1.82) is 5.26 Å². The summed E-state index contributed by atoms with van der Waals surface area (Å²) in [5.41, 5.74) is 9.69. The largest absolute Gasteiger partial charge is 0.493 e. The Bertz CT molecular complexity index is 1260. The number of ether oxygens (including phenoxy) is 3. The van der Waals surface area contributed by atoms with Crippen molar-refractivity contribution >= 4 is 5.97 Å². The second-order valence-electron chi connectivity index (χ2n) is 7.54. The lowest BCUT2D eigenvalue weighted by Gasteiger charge is -2.27. The Balaban J connectivity index is 1.67. The summed E-state index contributed by atoms with van der Waals surface area (Å²) in [4.78, 5) is 12.8. The van der Waals surface area contributed by atoms with E-state index in [0.717, 1.165) is 17.5 Å². The van der Waals surface area contributed by atoms with Crippen LogP contribution in [0.15, 0.2) is 78.2 Å². The van der Waals surface area contributed by atoms with E-state index in [1.807, 2.05) is 31.2 Å². The van der Waals surface area contributed by atoms with E-state index in [2.05, 4.69) is 13.0 Å². The quantitative estimate of drug-likeness (QED) is 0.424. The van der Waals surface area contributed by atoms with Crippen LogP contribution in [0.25, 0.3) is 0 Å². The fraction of sp³-hybridized carbons (Fsp3) is 0.185. The number of carbonyl (C=O) groups is 1. The summed E-state index contributed by atoms with van der Waals surface area (Å²) in [5, 5.41) is 9.74. The van der Waals surface area contributed by atoms with Crippen LogP contribution in [0, 0.1) is 11.3 Å². The maximum atomic E-state index is 12.8. The van der Waals surface area contributed by atoms with Crippen molar-refractivity contribution in [1.82, 2.24) is 0 Å². The summed E-state index contributed by atoms with van der Waals surface area (Å²) in [6, 6.07) is 22.3. The summed E-state index contributed by atoms with van der Waals surface area (Å²) < 4.78 is 16.9. The average molecular weight is 440 g/mol. The zero-order valence-electron chi connectivity index (χ0n) is 18.5. The molecule has 6 heteroatoms. The van der Waals surface area contributed by atoms with Crippen molar-refractivity contribution in [2.24, 2.45) is 5.73 Å². The van der Waals surface area contributed by atoms with E-state index in [1.54, 1.807) is 42.5 Å². The van der Waals surface area contributed by atoms with Crippen LogP contribution in [0.4, 0.5) is 0 Å². The van der Waals surface area contributed by atoms with E-state index in [1.165, 1.54) is 5.56 Å². The molecule has 1 unspecified atom stereocenters. The lowest BCUT2D eigenvalue weighted by molar-refractivity contribution is 0.0730. The molecule has 3 aromatic carbocycles. The number of fused-ring (bicyclic) bond motifs is 1. The van der Waals surface area contributed by atoms with E-state index in [-0.39, 0.29) is 11.8 Å². The summed E-state index contributed by atoms with van der Waals surface area (Å²) in [6.07, 6.45) is 0.925. The Labute approximate surface area is 192 Å². The summed E-state index contributed by atoms with van der Waals surface area (Å²) >= 11 is 0. The Morgan fingerprint density at radius 3 is 2.55 bits per heavy atom. The number of hydrogen-bond donors (Lipinski definition) is 1. The van der Waals surface area contributed by atoms with Crippen molar-refractivity contribution in [3.05, 3.63) is 100 Å². The Hall–Kier alpha value is -4.24. The smallest absolute Gasteiger partial charge is 0.347 e. The van der Waals surface area contributed by atoms with Crippen LogP contribution in [0.1, 0.15) is 46.8 Å². The van der Waals surface area contributed by atoms with Crippen molar-refractivity contribution < 1.29 is 19.0 Å². The molecule has 3 aromatic rings. The zero-order chi connectivity index (χ0) is 23.4. The number of esters is 1. The molecule has 0 saturated carbocycles. The number of aryl methyl sites for hydroxylation is 1. The molecule has 2 N–H and O–H groups in total. The molecule has 166 valence electrons. The van der Waals surface area contributed by atoms with Gasteiger partial charge in [0.15, 0.2) is 0 Å². The Kier molecular flexibility index (Phi) is 6.32. The van der Waals surface area contributed by atoms with E-state index < -0.39 is 5.97 Å². The van der Waals surface area contributed by atoms with Crippen LogP contribution in [-0.2, 0) is 6.42 Å². The second-order valence-corrected chi connectivity index (χ2v) is 7.54. The molecule has 0 radical (unpaired) electrons. The number of hydrogen-bond acceptors (Lipinski definition) is 6. The predicted molar refractivity (Wildman–Crippen MR) is 124 cm³/mol. The van der Waals surface area contributed by atoms with E-state index in [4.69, 9.17) is 19.9 Å².